The maximum atomic E-state index is 9.94. The van der Waals surface area contributed by atoms with Gasteiger partial charge in [-0.3, -0.25) is 0 Å². The molecule has 1 unspecified atom stereocenters. The Morgan fingerprint density at radius 2 is 2.00 bits per heavy atom. The van der Waals surface area contributed by atoms with Crippen LogP contribution in [0, 0.1) is 16.7 Å². The van der Waals surface area contributed by atoms with E-state index in [-0.39, 0.29) is 5.41 Å². The second kappa shape index (κ2) is 7.91. The predicted molar refractivity (Wildman–Crippen MR) is 80.4 cm³/mol. The smallest absolute Gasteiger partial charge is 0.125 e. The summed E-state index contributed by atoms with van der Waals surface area (Å²) < 4.78 is 5.77. The molecular formula is C17H25NO2. The van der Waals surface area contributed by atoms with Crippen LogP contribution in [0.15, 0.2) is 24.3 Å². The highest BCUT2D eigenvalue weighted by molar-refractivity contribution is 5.34. The normalized spacial score (nSPS) is 12.8. The minimum atomic E-state index is -0.469. The van der Waals surface area contributed by atoms with Crippen LogP contribution in [0.2, 0.25) is 0 Å². The van der Waals surface area contributed by atoms with Crippen LogP contribution in [0.1, 0.15) is 58.1 Å². The van der Waals surface area contributed by atoms with E-state index in [1.807, 2.05) is 45.0 Å². The Hall–Kier alpha value is -1.53. The van der Waals surface area contributed by atoms with Crippen molar-refractivity contribution in [2.45, 2.75) is 52.6 Å². The molecule has 0 aliphatic rings. The van der Waals surface area contributed by atoms with Crippen molar-refractivity contribution >= 4 is 0 Å². The largest absolute Gasteiger partial charge is 0.493 e. The number of para-hydroxylation sites is 1. The molecule has 20 heavy (non-hydrogen) atoms. The molecule has 3 heteroatoms. The van der Waals surface area contributed by atoms with E-state index in [0.717, 1.165) is 30.6 Å². The molecule has 0 fully saturated rings. The van der Waals surface area contributed by atoms with Gasteiger partial charge in [0.05, 0.1) is 24.2 Å². The van der Waals surface area contributed by atoms with Crippen molar-refractivity contribution in [1.29, 1.82) is 5.26 Å². The maximum absolute atomic E-state index is 9.94. The van der Waals surface area contributed by atoms with Crippen LogP contribution < -0.4 is 4.74 Å². The average Bonchev–Trinajstić information content (AvgIpc) is 2.46. The molecule has 0 radical (unpaired) electrons. The van der Waals surface area contributed by atoms with Crippen molar-refractivity contribution in [2.75, 3.05) is 6.61 Å². The number of hydrogen-bond acceptors (Lipinski definition) is 3. The third-order valence-electron chi connectivity index (χ3n) is 3.42. The van der Waals surface area contributed by atoms with Crippen LogP contribution in [0.4, 0.5) is 0 Å². The molecular weight excluding hydrogens is 250 g/mol. The molecule has 0 aliphatic heterocycles. The summed E-state index contributed by atoms with van der Waals surface area (Å²) >= 11 is 0. The molecule has 0 amide bonds. The Labute approximate surface area is 122 Å². The van der Waals surface area contributed by atoms with Gasteiger partial charge in [0.25, 0.3) is 0 Å². The van der Waals surface area contributed by atoms with E-state index in [1.165, 1.54) is 0 Å². The molecule has 0 aliphatic carbocycles. The molecule has 1 aromatic carbocycles. The quantitative estimate of drug-likeness (QED) is 0.722. The molecule has 1 atom stereocenters. The first-order chi connectivity index (χ1) is 9.50. The van der Waals surface area contributed by atoms with Gasteiger partial charge in [0, 0.05) is 5.56 Å². The molecule has 1 aromatic rings. The maximum Gasteiger partial charge on any atom is 0.125 e. The average molecular weight is 275 g/mol. The Kier molecular flexibility index (Phi) is 6.54. The van der Waals surface area contributed by atoms with Gasteiger partial charge in [-0.05, 0) is 45.6 Å². The van der Waals surface area contributed by atoms with Crippen LogP contribution in [0.3, 0.4) is 0 Å². The monoisotopic (exact) mass is 275 g/mol. The van der Waals surface area contributed by atoms with E-state index in [4.69, 9.17) is 10.00 Å². The van der Waals surface area contributed by atoms with E-state index in [1.54, 1.807) is 0 Å². The summed E-state index contributed by atoms with van der Waals surface area (Å²) in [5.74, 6) is 0.765. The summed E-state index contributed by atoms with van der Waals surface area (Å²) in [4.78, 5) is 0. The Morgan fingerprint density at radius 3 is 2.65 bits per heavy atom. The summed E-state index contributed by atoms with van der Waals surface area (Å²) in [5, 5.41) is 18.9. The van der Waals surface area contributed by atoms with Gasteiger partial charge in [0.2, 0.25) is 0 Å². The molecule has 0 heterocycles. The molecule has 0 bridgehead atoms. The van der Waals surface area contributed by atoms with Crippen molar-refractivity contribution in [3.63, 3.8) is 0 Å². The molecule has 0 saturated heterocycles. The van der Waals surface area contributed by atoms with Crippen LogP contribution in [-0.2, 0) is 0 Å². The molecule has 0 spiro atoms. The first-order valence-corrected chi connectivity index (χ1v) is 7.31. The lowest BCUT2D eigenvalue weighted by molar-refractivity contribution is 0.166. The van der Waals surface area contributed by atoms with Crippen molar-refractivity contribution in [2.24, 2.45) is 5.41 Å². The highest BCUT2D eigenvalue weighted by Crippen LogP contribution is 2.27. The van der Waals surface area contributed by atoms with Crippen molar-refractivity contribution in [3.05, 3.63) is 29.8 Å². The summed E-state index contributed by atoms with van der Waals surface area (Å²) in [7, 11) is 0. The first kappa shape index (κ1) is 16.5. The number of benzene rings is 1. The predicted octanol–water partition coefficient (Wildman–Crippen LogP) is 4.23. The minimum absolute atomic E-state index is 0.254. The van der Waals surface area contributed by atoms with Crippen LogP contribution in [0.5, 0.6) is 5.75 Å². The third kappa shape index (κ3) is 5.22. The summed E-state index contributed by atoms with van der Waals surface area (Å²) in [6, 6.07) is 9.94. The lowest BCUT2D eigenvalue weighted by Crippen LogP contribution is -2.09. The number of nitriles is 1. The standard InChI is InChI=1S/C17H25NO2/c1-4-15(19)14-9-5-6-10-16(14)20-12-8-7-11-17(2,3)13-18/h5-6,9-10,15,19H,4,7-8,11-12H2,1-3H3. The fourth-order valence-electron chi connectivity index (χ4n) is 2.01. The number of rotatable bonds is 8. The lowest BCUT2D eigenvalue weighted by Gasteiger charge is -2.16. The van der Waals surface area contributed by atoms with E-state index in [2.05, 4.69) is 6.07 Å². The highest BCUT2D eigenvalue weighted by Gasteiger charge is 2.15. The third-order valence-corrected chi connectivity index (χ3v) is 3.42. The van der Waals surface area contributed by atoms with Crippen molar-refractivity contribution in [1.82, 2.24) is 0 Å². The number of aliphatic hydroxyl groups is 1. The number of unbranched alkanes of at least 4 members (excludes halogenated alkanes) is 1. The van der Waals surface area contributed by atoms with E-state index < -0.39 is 6.10 Å². The van der Waals surface area contributed by atoms with Crippen molar-refractivity contribution < 1.29 is 9.84 Å². The zero-order valence-corrected chi connectivity index (χ0v) is 12.7. The van der Waals surface area contributed by atoms with E-state index in [0.29, 0.717) is 13.0 Å². The Bertz CT molecular complexity index is 449. The minimum Gasteiger partial charge on any atom is -0.493 e. The summed E-state index contributed by atoms with van der Waals surface area (Å²) in [6.07, 6.45) is 2.98. The number of aliphatic hydroxyl groups excluding tert-OH is 1. The summed E-state index contributed by atoms with van der Waals surface area (Å²) in [6.45, 7) is 6.49. The van der Waals surface area contributed by atoms with Gasteiger partial charge in [-0.2, -0.15) is 5.26 Å². The van der Waals surface area contributed by atoms with Gasteiger partial charge in [-0.1, -0.05) is 25.1 Å². The van der Waals surface area contributed by atoms with Gasteiger partial charge < -0.3 is 9.84 Å². The van der Waals surface area contributed by atoms with Crippen LogP contribution in [0.25, 0.3) is 0 Å². The zero-order valence-electron chi connectivity index (χ0n) is 12.7. The second-order valence-corrected chi connectivity index (χ2v) is 5.76. The molecule has 1 rings (SSSR count). The van der Waals surface area contributed by atoms with Gasteiger partial charge in [0.15, 0.2) is 0 Å². The Morgan fingerprint density at radius 1 is 1.30 bits per heavy atom. The van der Waals surface area contributed by atoms with Gasteiger partial charge in [-0.15, -0.1) is 0 Å². The molecule has 110 valence electrons. The lowest BCUT2D eigenvalue weighted by atomic mass is 9.89. The number of hydrogen-bond donors (Lipinski definition) is 1. The SMILES string of the molecule is CCC(O)c1ccccc1OCCCCC(C)(C)C#N. The fourth-order valence-corrected chi connectivity index (χ4v) is 2.01. The molecule has 0 aromatic heterocycles. The Balaban J connectivity index is 2.41. The topological polar surface area (TPSA) is 53.2 Å². The molecule has 1 N–H and O–H groups in total. The fraction of sp³-hybridized carbons (Fsp3) is 0.588. The summed E-state index contributed by atoms with van der Waals surface area (Å²) in [5.41, 5.74) is 0.600. The zero-order chi connectivity index (χ0) is 15.0. The molecule has 3 nitrogen and oxygen atoms in total. The van der Waals surface area contributed by atoms with Gasteiger partial charge in [0.1, 0.15) is 5.75 Å². The van der Waals surface area contributed by atoms with E-state index in [9.17, 15) is 5.11 Å². The number of nitrogens with zero attached hydrogens (tertiary/aromatic N) is 1. The molecule has 0 saturated carbocycles. The number of ether oxygens (including phenoxy) is 1. The van der Waals surface area contributed by atoms with Crippen molar-refractivity contribution in [3.8, 4) is 11.8 Å². The van der Waals surface area contributed by atoms with Gasteiger partial charge in [-0.25, -0.2) is 0 Å². The second-order valence-electron chi connectivity index (χ2n) is 5.76. The van der Waals surface area contributed by atoms with Gasteiger partial charge >= 0.3 is 0 Å². The highest BCUT2D eigenvalue weighted by atomic mass is 16.5. The van der Waals surface area contributed by atoms with Crippen LogP contribution in [-0.4, -0.2) is 11.7 Å². The van der Waals surface area contributed by atoms with E-state index >= 15 is 0 Å². The van der Waals surface area contributed by atoms with Crippen LogP contribution >= 0.6 is 0 Å². The first-order valence-electron chi connectivity index (χ1n) is 7.31.